The molecule has 2 aromatic carbocycles. The highest BCUT2D eigenvalue weighted by Crippen LogP contribution is 2.47. The monoisotopic (exact) mass is 515 g/mol. The molecular formula is C23H22BrClF3NO2. The van der Waals surface area contributed by atoms with Gasteiger partial charge in [-0.3, -0.25) is 0 Å². The van der Waals surface area contributed by atoms with Crippen LogP contribution in [-0.2, 0) is 18.3 Å². The summed E-state index contributed by atoms with van der Waals surface area (Å²) in [7, 11) is 0. The number of aromatic amines is 1. The summed E-state index contributed by atoms with van der Waals surface area (Å²) < 4.78 is 49.1. The number of aromatic nitrogens is 1. The number of hydrogen-bond donors (Lipinski definition) is 2. The topological polar surface area (TPSA) is 45.2 Å². The van der Waals surface area contributed by atoms with E-state index in [1.165, 1.54) is 0 Å². The summed E-state index contributed by atoms with van der Waals surface area (Å²) in [4.78, 5) is 3.00. The third kappa shape index (κ3) is 4.32. The Labute approximate surface area is 191 Å². The van der Waals surface area contributed by atoms with E-state index in [9.17, 15) is 18.3 Å². The molecule has 3 aromatic rings. The van der Waals surface area contributed by atoms with Crippen LogP contribution in [0.15, 0.2) is 40.9 Å². The van der Waals surface area contributed by atoms with Gasteiger partial charge < -0.3 is 14.8 Å². The van der Waals surface area contributed by atoms with Gasteiger partial charge in [0.15, 0.2) is 5.60 Å². The lowest BCUT2D eigenvalue weighted by Crippen LogP contribution is -2.51. The Morgan fingerprint density at radius 3 is 2.61 bits per heavy atom. The number of rotatable bonds is 5. The number of aliphatic hydroxyl groups is 1. The minimum absolute atomic E-state index is 0.316. The van der Waals surface area contributed by atoms with Crippen molar-refractivity contribution in [2.75, 3.05) is 6.61 Å². The van der Waals surface area contributed by atoms with Gasteiger partial charge in [0.2, 0.25) is 0 Å². The molecule has 0 aliphatic carbocycles. The predicted octanol–water partition coefficient (Wildman–Crippen LogP) is 6.72. The van der Waals surface area contributed by atoms with Crippen LogP contribution in [0, 0.1) is 0 Å². The first-order valence-electron chi connectivity index (χ1n) is 9.90. The van der Waals surface area contributed by atoms with E-state index in [2.05, 4.69) is 20.9 Å². The zero-order valence-electron chi connectivity index (χ0n) is 17.0. The first-order chi connectivity index (χ1) is 14.4. The molecule has 2 heterocycles. The summed E-state index contributed by atoms with van der Waals surface area (Å²) in [5.74, 6) is 0.578. The van der Waals surface area contributed by atoms with Gasteiger partial charge in [0.25, 0.3) is 0 Å². The van der Waals surface area contributed by atoms with Gasteiger partial charge in [-0.15, -0.1) is 0 Å². The number of halogens is 5. The quantitative estimate of drug-likeness (QED) is 0.395. The van der Waals surface area contributed by atoms with Crippen molar-refractivity contribution in [2.45, 2.75) is 50.3 Å². The lowest BCUT2D eigenvalue weighted by atomic mass is 9.73. The van der Waals surface area contributed by atoms with E-state index in [0.717, 1.165) is 15.4 Å². The standard InChI is InChI=1S/C23H22BrClF3NO2/c1-21(2,18-10-16(25)8-13-5-6-31-20(13)18)12-22(30,23(26,27)28)11-17-9-14-7-15(24)3-4-19(14)29-17/h3-4,7-10,29-30H,5-6,11-12H2,1-2H3. The Balaban J connectivity index is 1.71. The van der Waals surface area contributed by atoms with Gasteiger partial charge in [-0.05, 0) is 53.8 Å². The van der Waals surface area contributed by atoms with Crippen LogP contribution >= 0.6 is 27.5 Å². The van der Waals surface area contributed by atoms with Crippen LogP contribution in [0.25, 0.3) is 10.9 Å². The summed E-state index contributed by atoms with van der Waals surface area (Å²) in [6.45, 7) is 3.83. The molecule has 0 saturated carbocycles. The maximum Gasteiger partial charge on any atom is 0.417 e. The molecule has 2 N–H and O–H groups in total. The van der Waals surface area contributed by atoms with E-state index < -0.39 is 30.0 Å². The van der Waals surface area contributed by atoms with Gasteiger partial charge in [0.1, 0.15) is 5.75 Å². The third-order valence-corrected chi connectivity index (χ3v) is 6.57. The highest BCUT2D eigenvalue weighted by atomic mass is 79.9. The van der Waals surface area contributed by atoms with Crippen molar-refractivity contribution in [3.8, 4) is 5.75 Å². The molecule has 0 radical (unpaired) electrons. The van der Waals surface area contributed by atoms with Crippen LogP contribution in [0.5, 0.6) is 5.75 Å². The lowest BCUT2D eigenvalue weighted by Gasteiger charge is -2.38. The van der Waals surface area contributed by atoms with E-state index in [1.54, 1.807) is 44.2 Å². The maximum absolute atomic E-state index is 14.2. The van der Waals surface area contributed by atoms with Crippen molar-refractivity contribution in [1.82, 2.24) is 4.98 Å². The lowest BCUT2D eigenvalue weighted by molar-refractivity contribution is -0.266. The number of fused-ring (bicyclic) bond motifs is 2. The molecule has 0 bridgehead atoms. The van der Waals surface area contributed by atoms with Crippen molar-refractivity contribution >= 4 is 38.4 Å². The molecule has 0 fully saturated rings. The molecule has 1 atom stereocenters. The van der Waals surface area contributed by atoms with Gasteiger partial charge >= 0.3 is 6.18 Å². The molecule has 4 rings (SSSR count). The van der Waals surface area contributed by atoms with Gasteiger partial charge in [-0.2, -0.15) is 13.2 Å². The first-order valence-corrected chi connectivity index (χ1v) is 11.1. The minimum Gasteiger partial charge on any atom is -0.493 e. The van der Waals surface area contributed by atoms with Crippen molar-refractivity contribution in [3.05, 3.63) is 62.7 Å². The van der Waals surface area contributed by atoms with E-state index in [1.807, 2.05) is 6.07 Å². The molecule has 1 unspecified atom stereocenters. The number of benzene rings is 2. The second-order valence-corrected chi connectivity index (χ2v) is 10.2. The van der Waals surface area contributed by atoms with Crippen LogP contribution in [0.2, 0.25) is 5.02 Å². The Morgan fingerprint density at radius 2 is 1.90 bits per heavy atom. The molecule has 166 valence electrons. The fourth-order valence-corrected chi connectivity index (χ4v) is 5.05. The van der Waals surface area contributed by atoms with E-state index in [4.69, 9.17) is 16.3 Å². The Kier molecular flexibility index (Phi) is 5.59. The number of H-pyrrole nitrogens is 1. The predicted molar refractivity (Wildman–Crippen MR) is 119 cm³/mol. The maximum atomic E-state index is 14.2. The summed E-state index contributed by atoms with van der Waals surface area (Å²) in [5.41, 5.74) is -1.50. The highest BCUT2D eigenvalue weighted by molar-refractivity contribution is 9.10. The summed E-state index contributed by atoms with van der Waals surface area (Å²) in [6, 6.07) is 10.5. The molecule has 1 aromatic heterocycles. The fraction of sp³-hybridized carbons (Fsp3) is 0.391. The van der Waals surface area contributed by atoms with Gasteiger partial charge in [-0.1, -0.05) is 41.4 Å². The van der Waals surface area contributed by atoms with Gasteiger partial charge in [0, 0.05) is 44.5 Å². The SMILES string of the molecule is CC(C)(CC(O)(Cc1cc2cc(Br)ccc2[nH]1)C(F)(F)F)c1cc(Cl)cc2c1OCC2. The minimum atomic E-state index is -4.83. The van der Waals surface area contributed by atoms with Crippen molar-refractivity contribution in [3.63, 3.8) is 0 Å². The average Bonchev–Trinajstić information content (AvgIpc) is 3.24. The number of hydrogen-bond acceptors (Lipinski definition) is 2. The largest absolute Gasteiger partial charge is 0.493 e. The average molecular weight is 517 g/mol. The number of nitrogens with one attached hydrogen (secondary N) is 1. The summed E-state index contributed by atoms with van der Waals surface area (Å²) >= 11 is 9.60. The fourth-order valence-electron chi connectivity index (χ4n) is 4.44. The summed E-state index contributed by atoms with van der Waals surface area (Å²) in [6.07, 6.45) is -5.30. The molecule has 31 heavy (non-hydrogen) atoms. The molecule has 0 saturated heterocycles. The second-order valence-electron chi connectivity index (χ2n) is 8.83. The van der Waals surface area contributed by atoms with Gasteiger partial charge in [-0.25, -0.2) is 0 Å². The smallest absolute Gasteiger partial charge is 0.417 e. The van der Waals surface area contributed by atoms with E-state index >= 15 is 0 Å². The van der Waals surface area contributed by atoms with Crippen molar-refractivity contribution < 1.29 is 23.0 Å². The Morgan fingerprint density at radius 1 is 1.16 bits per heavy atom. The van der Waals surface area contributed by atoms with Crippen molar-refractivity contribution in [2.24, 2.45) is 0 Å². The Hall–Kier alpha value is -1.70. The summed E-state index contributed by atoms with van der Waals surface area (Å²) in [5, 5.41) is 12.2. The number of alkyl halides is 3. The zero-order valence-corrected chi connectivity index (χ0v) is 19.4. The van der Waals surface area contributed by atoms with Crippen LogP contribution in [0.1, 0.15) is 37.1 Å². The first kappa shape index (κ1) is 22.5. The normalized spacial score (nSPS) is 16.3. The Bertz CT molecular complexity index is 1140. The number of ether oxygens (including phenoxy) is 1. The zero-order chi connectivity index (χ0) is 22.6. The molecule has 3 nitrogen and oxygen atoms in total. The van der Waals surface area contributed by atoms with Crippen LogP contribution in [0.4, 0.5) is 13.2 Å². The van der Waals surface area contributed by atoms with Crippen molar-refractivity contribution in [1.29, 1.82) is 0 Å². The molecule has 1 aliphatic rings. The van der Waals surface area contributed by atoms with Gasteiger partial charge in [0.05, 0.1) is 6.61 Å². The molecule has 8 heteroatoms. The van der Waals surface area contributed by atoms with Crippen LogP contribution in [0.3, 0.4) is 0 Å². The van der Waals surface area contributed by atoms with E-state index in [0.29, 0.717) is 40.6 Å². The van der Waals surface area contributed by atoms with E-state index in [-0.39, 0.29) is 0 Å². The molecule has 0 spiro atoms. The molecule has 1 aliphatic heterocycles. The third-order valence-electron chi connectivity index (χ3n) is 5.86. The molecule has 0 amide bonds. The highest BCUT2D eigenvalue weighted by Gasteiger charge is 2.56. The van der Waals surface area contributed by atoms with Crippen LogP contribution in [-0.4, -0.2) is 28.5 Å². The second kappa shape index (κ2) is 7.71. The molecular weight excluding hydrogens is 495 g/mol. The van der Waals surface area contributed by atoms with Crippen LogP contribution < -0.4 is 4.74 Å².